The molecule has 1 aliphatic heterocycles. The van der Waals surface area contributed by atoms with E-state index in [0.717, 1.165) is 0 Å². The standard InChI is InChI=1S/C4H10N4.2HI.Pt/c5-7-1-2-8(6)4-3-7;;;/h5-6H,1-4H2;2*1H;/q-2;;;+4/p-2. The number of hydrogen-bond donors (Lipinski definition) is 0. The van der Waals surface area contributed by atoms with Crippen LogP contribution >= 0.6 is 38.7 Å². The molecule has 1 saturated heterocycles. The molecule has 0 bridgehead atoms. The summed E-state index contributed by atoms with van der Waals surface area (Å²) in [7, 11) is 0. The van der Waals surface area contributed by atoms with Gasteiger partial charge in [0.1, 0.15) is 0 Å². The molecular weight excluding hydrogens is 553 g/mol. The van der Waals surface area contributed by atoms with Crippen LogP contribution in [0.4, 0.5) is 0 Å². The van der Waals surface area contributed by atoms with Crippen molar-refractivity contribution in [1.29, 1.82) is 0 Å². The number of halogens is 2. The maximum absolute atomic E-state index is 7.09. The van der Waals surface area contributed by atoms with Gasteiger partial charge in [0.2, 0.25) is 0 Å². The van der Waals surface area contributed by atoms with E-state index in [-0.39, 0.29) is 0 Å². The van der Waals surface area contributed by atoms with Crippen molar-refractivity contribution in [1.82, 2.24) is 10.0 Å². The van der Waals surface area contributed by atoms with Gasteiger partial charge in [-0.1, -0.05) is 0 Å². The SMILES string of the molecule is [I][Pt+2][I].[NH-]N1CCN([NH-])CC1. The molecule has 0 atom stereocenters. The van der Waals surface area contributed by atoms with Crippen LogP contribution < -0.4 is 0 Å². The third-order valence-corrected chi connectivity index (χ3v) is 1.28. The molecule has 0 unspecified atom stereocenters. The van der Waals surface area contributed by atoms with Crippen LogP contribution in [0.5, 0.6) is 0 Å². The fourth-order valence-electron chi connectivity index (χ4n) is 0.706. The van der Waals surface area contributed by atoms with Crippen molar-refractivity contribution in [2.75, 3.05) is 26.2 Å². The van der Waals surface area contributed by atoms with Gasteiger partial charge in [-0.2, -0.15) is 0 Å². The minimum Gasteiger partial charge on any atom is -0.610 e. The van der Waals surface area contributed by atoms with Crippen LogP contribution in [-0.2, 0) is 11.2 Å². The molecule has 1 rings (SSSR count). The number of rotatable bonds is 0. The van der Waals surface area contributed by atoms with Crippen molar-refractivity contribution in [2.45, 2.75) is 0 Å². The minimum absolute atomic E-state index is 0.523. The molecule has 0 aromatic carbocycles. The van der Waals surface area contributed by atoms with Crippen LogP contribution in [0.1, 0.15) is 0 Å². The van der Waals surface area contributed by atoms with Crippen LogP contribution in [0.25, 0.3) is 11.7 Å². The minimum atomic E-state index is 0.523. The Morgan fingerprint density at radius 2 is 1.09 bits per heavy atom. The van der Waals surface area contributed by atoms with Crippen LogP contribution in [0.15, 0.2) is 0 Å². The van der Waals surface area contributed by atoms with E-state index in [0.29, 0.717) is 37.4 Å². The van der Waals surface area contributed by atoms with Crippen molar-refractivity contribution in [3.8, 4) is 0 Å². The summed E-state index contributed by atoms with van der Waals surface area (Å²) in [6, 6.07) is 0. The van der Waals surface area contributed by atoms with Crippen molar-refractivity contribution >= 4 is 38.7 Å². The zero-order valence-corrected chi connectivity index (χ0v) is 12.4. The largest absolute Gasteiger partial charge is 0.610 e. The van der Waals surface area contributed by atoms with E-state index in [1.165, 1.54) is 10.0 Å². The van der Waals surface area contributed by atoms with E-state index in [2.05, 4.69) is 38.7 Å². The Kier molecular flexibility index (Phi) is 10.1. The quantitative estimate of drug-likeness (QED) is 0.426. The zero-order chi connectivity index (χ0) is 8.69. The summed E-state index contributed by atoms with van der Waals surface area (Å²) >= 11 is 5.30. The molecule has 7 heteroatoms. The van der Waals surface area contributed by atoms with Crippen LogP contribution in [0, 0.1) is 0 Å². The summed E-state index contributed by atoms with van der Waals surface area (Å²) in [4.78, 5) is 0. The molecule has 0 aromatic heterocycles. The molecule has 1 aliphatic rings. The summed E-state index contributed by atoms with van der Waals surface area (Å²) < 4.78 is 0. The van der Waals surface area contributed by atoms with Crippen LogP contribution in [0.3, 0.4) is 0 Å². The summed E-state index contributed by atoms with van der Waals surface area (Å²) in [6.45, 7) is 2.85. The summed E-state index contributed by atoms with van der Waals surface area (Å²) in [5, 5.41) is 2.98. The smallest absolute Gasteiger partial charge is 0.00819 e. The second-order valence-corrected chi connectivity index (χ2v) is 18.6. The topological polar surface area (TPSA) is 54.1 Å². The monoisotopic (exact) mass is 563 g/mol. The van der Waals surface area contributed by atoms with Crippen LogP contribution in [0.2, 0.25) is 0 Å². The van der Waals surface area contributed by atoms with E-state index in [1.807, 2.05) is 0 Å². The van der Waals surface area contributed by atoms with E-state index >= 15 is 0 Å². The molecular formula is C4H10I2N4Pt. The summed E-state index contributed by atoms with van der Waals surface area (Å²) in [6.07, 6.45) is 0. The first kappa shape index (κ1) is 13.0. The van der Waals surface area contributed by atoms with Gasteiger partial charge in [-0.05, 0) is 26.2 Å². The first-order valence-electron chi connectivity index (χ1n) is 2.95. The number of nitrogens with one attached hydrogen (secondary N) is 2. The number of hydrogen-bond acceptors (Lipinski definition) is 2. The molecule has 2 N–H and O–H groups in total. The summed E-state index contributed by atoms with van der Waals surface area (Å²) in [5.74, 6) is 14.2. The van der Waals surface area contributed by atoms with Crippen LogP contribution in [-0.4, -0.2) is 36.2 Å². The first-order chi connectivity index (χ1) is 5.20. The van der Waals surface area contributed by atoms with E-state index in [4.69, 9.17) is 11.7 Å². The Balaban J connectivity index is 0.000000292. The zero-order valence-electron chi connectivity index (χ0n) is 5.80. The van der Waals surface area contributed by atoms with Gasteiger partial charge in [-0.25, -0.2) is 0 Å². The third kappa shape index (κ3) is 8.32. The fraction of sp³-hybridized carbons (Fsp3) is 1.00. The first-order valence-corrected chi connectivity index (χ1v) is 15.8. The molecule has 0 spiro atoms. The van der Waals surface area contributed by atoms with Gasteiger partial charge in [0.25, 0.3) is 0 Å². The van der Waals surface area contributed by atoms with Gasteiger partial charge in [-0.15, -0.1) is 0 Å². The third-order valence-electron chi connectivity index (χ3n) is 1.28. The van der Waals surface area contributed by atoms with E-state index < -0.39 is 0 Å². The Morgan fingerprint density at radius 1 is 0.909 bits per heavy atom. The van der Waals surface area contributed by atoms with Crippen molar-refractivity contribution in [3.63, 3.8) is 0 Å². The van der Waals surface area contributed by atoms with E-state index in [9.17, 15) is 0 Å². The molecule has 0 amide bonds. The maximum Gasteiger partial charge on any atom is -0.00819 e. The molecule has 1 heterocycles. The number of piperazine rings is 1. The average molecular weight is 563 g/mol. The van der Waals surface area contributed by atoms with Crippen molar-refractivity contribution < 1.29 is 11.2 Å². The van der Waals surface area contributed by atoms with Gasteiger partial charge in [0.15, 0.2) is 0 Å². The summed E-state index contributed by atoms with van der Waals surface area (Å²) in [5.41, 5.74) is 0. The molecule has 0 aliphatic carbocycles. The van der Waals surface area contributed by atoms with Crippen molar-refractivity contribution in [3.05, 3.63) is 11.7 Å². The van der Waals surface area contributed by atoms with Gasteiger partial charge in [0.05, 0.1) is 0 Å². The molecule has 70 valence electrons. The molecule has 0 aromatic rings. The predicted octanol–water partition coefficient (Wildman–Crippen LogP) is 2.31. The second-order valence-electron chi connectivity index (χ2n) is 2.02. The fourth-order valence-corrected chi connectivity index (χ4v) is 0.706. The van der Waals surface area contributed by atoms with Gasteiger partial charge in [0, 0.05) is 0 Å². The van der Waals surface area contributed by atoms with Gasteiger partial charge < -0.3 is 21.7 Å². The Labute approximate surface area is 96.5 Å². The number of nitrogens with zero attached hydrogens (tertiary/aromatic N) is 2. The predicted molar refractivity (Wildman–Crippen MR) is 59.8 cm³/mol. The van der Waals surface area contributed by atoms with Crippen molar-refractivity contribution in [2.24, 2.45) is 0 Å². The normalized spacial score (nSPS) is 21.1. The molecule has 4 nitrogen and oxygen atoms in total. The molecule has 1 fully saturated rings. The van der Waals surface area contributed by atoms with Gasteiger partial charge >= 0.3 is 49.9 Å². The van der Waals surface area contributed by atoms with Gasteiger partial charge in [-0.3, -0.25) is 0 Å². The van der Waals surface area contributed by atoms with E-state index in [1.54, 1.807) is 0 Å². The molecule has 11 heavy (non-hydrogen) atoms. The maximum atomic E-state index is 7.09. The Morgan fingerprint density at radius 3 is 1.27 bits per heavy atom. The average Bonchev–Trinajstić information content (AvgIpc) is 1.97. The molecule has 0 saturated carbocycles. The molecule has 0 radical (unpaired) electrons. The second kappa shape index (κ2) is 8.58. The Bertz CT molecular complexity index is 78.2. The Hall–Kier alpha value is 1.99.